The largest absolute Gasteiger partial charge is 0.493 e. The van der Waals surface area contributed by atoms with Gasteiger partial charge in [0.05, 0.1) is 36.4 Å². The molecule has 0 radical (unpaired) electrons. The van der Waals surface area contributed by atoms with Crippen LogP contribution in [-0.4, -0.2) is 44.2 Å². The summed E-state index contributed by atoms with van der Waals surface area (Å²) < 4.78 is 37.1. The summed E-state index contributed by atoms with van der Waals surface area (Å²) in [5, 5.41) is 12.3. The third-order valence-corrected chi connectivity index (χ3v) is 7.20. The summed E-state index contributed by atoms with van der Waals surface area (Å²) in [5.41, 5.74) is -0.417. The first-order valence-electron chi connectivity index (χ1n) is 8.89. The Morgan fingerprint density at radius 2 is 1.92 bits per heavy atom. The monoisotopic (exact) mass is 383 g/mol. The van der Waals surface area contributed by atoms with Crippen LogP contribution in [-0.2, 0) is 9.84 Å². The average Bonchev–Trinajstić information content (AvgIpc) is 2.70. The third-order valence-electron chi connectivity index (χ3n) is 5.25. The van der Waals surface area contributed by atoms with Crippen molar-refractivity contribution in [2.75, 3.05) is 20.0 Å². The lowest BCUT2D eigenvalue weighted by Gasteiger charge is -2.40. The Hall–Kier alpha value is -1.57. The van der Waals surface area contributed by atoms with Crippen LogP contribution >= 0.6 is 0 Å². The Labute approximate surface area is 156 Å². The first-order valence-corrected chi connectivity index (χ1v) is 10.5. The van der Waals surface area contributed by atoms with E-state index >= 15 is 0 Å². The van der Waals surface area contributed by atoms with Gasteiger partial charge in [0.1, 0.15) is 0 Å². The number of fused-ring (bicyclic) bond motifs is 1. The minimum atomic E-state index is -3.65. The van der Waals surface area contributed by atoms with E-state index < -0.39 is 21.4 Å². The van der Waals surface area contributed by atoms with Crippen LogP contribution in [0.25, 0.3) is 0 Å². The van der Waals surface area contributed by atoms with Crippen molar-refractivity contribution in [2.24, 2.45) is 0 Å². The number of nitrogens with zero attached hydrogens (tertiary/aromatic N) is 1. The van der Waals surface area contributed by atoms with Gasteiger partial charge in [-0.05, 0) is 24.5 Å². The Bertz CT molecular complexity index is 761. The second-order valence-corrected chi connectivity index (χ2v) is 8.67. The minimum Gasteiger partial charge on any atom is -0.493 e. The van der Waals surface area contributed by atoms with Gasteiger partial charge in [-0.25, -0.2) is 8.42 Å². The molecule has 6 nitrogen and oxygen atoms in total. The fraction of sp³-hybridized carbons (Fsp3) is 0.579. The zero-order chi connectivity index (χ0) is 19.5. The molecule has 1 heterocycles. The standard InChI is InChI=1S/C19H29NO5S/c1-6-9-10-19(8-3)13-26(22,23)18-12-17(25-5)16(24-4)11-14(18)15(7-2)20(19)21/h7,11-12,15,21H,2,6,8-10,13H2,1,3-5H3. The number of benzene rings is 1. The lowest BCUT2D eigenvalue weighted by molar-refractivity contribution is -0.191. The van der Waals surface area contributed by atoms with Crippen LogP contribution < -0.4 is 9.47 Å². The molecule has 1 aromatic rings. The summed E-state index contributed by atoms with van der Waals surface area (Å²) in [5.74, 6) is 0.610. The number of unbranched alkanes of at least 4 members (excludes halogenated alkanes) is 1. The Morgan fingerprint density at radius 1 is 1.31 bits per heavy atom. The van der Waals surface area contributed by atoms with E-state index in [9.17, 15) is 13.6 Å². The third kappa shape index (κ3) is 3.48. The van der Waals surface area contributed by atoms with E-state index in [0.29, 0.717) is 29.9 Å². The topological polar surface area (TPSA) is 76.1 Å². The van der Waals surface area contributed by atoms with Gasteiger partial charge in [-0.15, -0.1) is 6.58 Å². The van der Waals surface area contributed by atoms with Crippen molar-refractivity contribution in [3.8, 4) is 11.5 Å². The molecule has 2 unspecified atom stereocenters. The number of hydrogen-bond acceptors (Lipinski definition) is 6. The van der Waals surface area contributed by atoms with Gasteiger partial charge >= 0.3 is 0 Å². The van der Waals surface area contributed by atoms with Gasteiger partial charge in [0.25, 0.3) is 0 Å². The maximum Gasteiger partial charge on any atom is 0.180 e. The maximum atomic E-state index is 13.2. The van der Waals surface area contributed by atoms with Gasteiger partial charge in [-0.3, -0.25) is 0 Å². The molecule has 0 aliphatic carbocycles. The van der Waals surface area contributed by atoms with E-state index in [4.69, 9.17) is 9.47 Å². The Morgan fingerprint density at radius 3 is 2.42 bits per heavy atom. The number of sulfone groups is 1. The molecule has 7 heteroatoms. The van der Waals surface area contributed by atoms with Crippen LogP contribution in [0.1, 0.15) is 51.1 Å². The molecule has 1 aromatic carbocycles. The van der Waals surface area contributed by atoms with E-state index in [1.807, 2.05) is 13.8 Å². The highest BCUT2D eigenvalue weighted by Gasteiger charge is 2.46. The van der Waals surface area contributed by atoms with Gasteiger partial charge in [0, 0.05) is 6.07 Å². The minimum absolute atomic E-state index is 0.153. The summed E-state index contributed by atoms with van der Waals surface area (Å²) in [4.78, 5) is 0.158. The summed E-state index contributed by atoms with van der Waals surface area (Å²) in [6.45, 7) is 7.79. The summed E-state index contributed by atoms with van der Waals surface area (Å²) in [6, 6.07) is 2.45. The normalized spacial score (nSPS) is 25.2. The molecule has 2 rings (SSSR count). The fourth-order valence-corrected chi connectivity index (χ4v) is 5.83. The Kier molecular flexibility index (Phi) is 6.37. The molecule has 0 saturated carbocycles. The second kappa shape index (κ2) is 7.98. The van der Waals surface area contributed by atoms with Gasteiger partial charge < -0.3 is 14.7 Å². The lowest BCUT2D eigenvalue weighted by atomic mass is 9.89. The molecule has 0 fully saturated rings. The molecule has 146 valence electrons. The molecule has 0 saturated heterocycles. The molecule has 1 N–H and O–H groups in total. The van der Waals surface area contributed by atoms with Gasteiger partial charge in [-0.2, -0.15) is 5.06 Å². The smallest absolute Gasteiger partial charge is 0.180 e. The summed E-state index contributed by atoms with van der Waals surface area (Å²) in [7, 11) is -0.688. The van der Waals surface area contributed by atoms with Crippen LogP contribution in [0.4, 0.5) is 0 Å². The second-order valence-electron chi connectivity index (χ2n) is 6.71. The zero-order valence-corrected chi connectivity index (χ0v) is 16.8. The van der Waals surface area contributed by atoms with E-state index in [2.05, 4.69) is 6.58 Å². The number of ether oxygens (including phenoxy) is 2. The molecular formula is C19H29NO5S. The first-order chi connectivity index (χ1) is 12.3. The van der Waals surface area contributed by atoms with Crippen molar-refractivity contribution in [3.05, 3.63) is 30.4 Å². The number of rotatable bonds is 7. The average molecular weight is 384 g/mol. The van der Waals surface area contributed by atoms with Crippen LogP contribution in [0.3, 0.4) is 0 Å². The molecule has 1 aliphatic rings. The molecule has 0 bridgehead atoms. The van der Waals surface area contributed by atoms with Crippen molar-refractivity contribution >= 4 is 9.84 Å². The van der Waals surface area contributed by atoms with Crippen molar-refractivity contribution in [3.63, 3.8) is 0 Å². The van der Waals surface area contributed by atoms with E-state index in [0.717, 1.165) is 12.8 Å². The van der Waals surface area contributed by atoms with Gasteiger partial charge in [0.15, 0.2) is 21.3 Å². The van der Waals surface area contributed by atoms with E-state index in [1.54, 1.807) is 12.1 Å². The Balaban J connectivity index is 2.75. The van der Waals surface area contributed by atoms with Crippen molar-refractivity contribution in [2.45, 2.75) is 56.0 Å². The zero-order valence-electron chi connectivity index (χ0n) is 16.0. The molecule has 1 aliphatic heterocycles. The molecule has 0 amide bonds. The first kappa shape index (κ1) is 20.7. The molecule has 0 spiro atoms. The fourth-order valence-electron chi connectivity index (χ4n) is 3.66. The molecule has 0 aromatic heterocycles. The molecule has 2 atom stereocenters. The molecular weight excluding hydrogens is 354 g/mol. The SMILES string of the molecule is C=CC1c2cc(OC)c(OC)cc2S(=O)(=O)CC(CC)(CCCC)N1O. The van der Waals surface area contributed by atoms with E-state index in [1.165, 1.54) is 25.3 Å². The summed E-state index contributed by atoms with van der Waals surface area (Å²) >= 11 is 0. The van der Waals surface area contributed by atoms with Crippen LogP contribution in [0.15, 0.2) is 29.7 Å². The quantitative estimate of drug-likeness (QED) is 0.723. The van der Waals surface area contributed by atoms with Crippen LogP contribution in [0.5, 0.6) is 11.5 Å². The predicted molar refractivity (Wildman–Crippen MR) is 101 cm³/mol. The number of methoxy groups -OCH3 is 2. The van der Waals surface area contributed by atoms with Crippen LogP contribution in [0.2, 0.25) is 0 Å². The van der Waals surface area contributed by atoms with Gasteiger partial charge in [0.2, 0.25) is 0 Å². The maximum absolute atomic E-state index is 13.2. The van der Waals surface area contributed by atoms with Crippen molar-refractivity contribution < 1.29 is 23.1 Å². The number of hydroxylamine groups is 2. The summed E-state index contributed by atoms with van der Waals surface area (Å²) in [6.07, 6.45) is 4.41. The van der Waals surface area contributed by atoms with Crippen molar-refractivity contribution in [1.29, 1.82) is 0 Å². The highest BCUT2D eigenvalue weighted by atomic mass is 32.2. The van der Waals surface area contributed by atoms with Gasteiger partial charge in [-0.1, -0.05) is 32.8 Å². The molecule has 26 heavy (non-hydrogen) atoms. The number of hydrogen-bond donors (Lipinski definition) is 1. The van der Waals surface area contributed by atoms with Crippen LogP contribution in [0, 0.1) is 0 Å². The highest BCUT2D eigenvalue weighted by molar-refractivity contribution is 7.91. The van der Waals surface area contributed by atoms with Crippen molar-refractivity contribution in [1.82, 2.24) is 5.06 Å². The lowest BCUT2D eigenvalue weighted by Crippen LogP contribution is -2.50. The highest BCUT2D eigenvalue weighted by Crippen LogP contribution is 2.45. The predicted octanol–water partition coefficient (Wildman–Crippen LogP) is 3.75. The van der Waals surface area contributed by atoms with E-state index in [-0.39, 0.29) is 10.6 Å².